The summed E-state index contributed by atoms with van der Waals surface area (Å²) in [7, 11) is 0. The summed E-state index contributed by atoms with van der Waals surface area (Å²) in [6.45, 7) is 0.398. The minimum atomic E-state index is 0.398. The monoisotopic (exact) mass is 258 g/mol. The Balaban J connectivity index is 1.81. The highest BCUT2D eigenvalue weighted by Gasteiger charge is 2.06. The molecule has 18 heavy (non-hydrogen) atoms. The molecule has 0 radical (unpaired) electrons. The molecule has 0 spiro atoms. The molecule has 0 aliphatic rings. The van der Waals surface area contributed by atoms with Crippen molar-refractivity contribution in [2.24, 2.45) is 0 Å². The number of benzene rings is 2. The lowest BCUT2D eigenvalue weighted by molar-refractivity contribution is 0.274. The van der Waals surface area contributed by atoms with Gasteiger partial charge in [0.05, 0.1) is 5.02 Å². The minimum Gasteiger partial charge on any atom is -0.486 e. The molecule has 3 rings (SSSR count). The first kappa shape index (κ1) is 11.2. The predicted molar refractivity (Wildman–Crippen MR) is 72.0 cm³/mol. The van der Waals surface area contributed by atoms with Crippen LogP contribution >= 0.6 is 11.6 Å². The van der Waals surface area contributed by atoms with Gasteiger partial charge in [0.15, 0.2) is 0 Å². The number of hydrogen-bond acceptors (Lipinski definition) is 2. The Morgan fingerprint density at radius 3 is 2.61 bits per heavy atom. The molecule has 3 aromatic rings. The van der Waals surface area contributed by atoms with Crippen LogP contribution < -0.4 is 4.74 Å². The van der Waals surface area contributed by atoms with Crippen LogP contribution in [0.15, 0.2) is 59.0 Å². The molecule has 0 atom stereocenters. The fraction of sp³-hybridized carbons (Fsp3) is 0.0667. The number of rotatable bonds is 3. The molecule has 2 aromatic carbocycles. The maximum atomic E-state index is 6.09. The fourth-order valence-electron chi connectivity index (χ4n) is 1.82. The lowest BCUT2D eigenvalue weighted by Crippen LogP contribution is -1.92. The molecule has 0 aliphatic heterocycles. The minimum absolute atomic E-state index is 0.398. The highest BCUT2D eigenvalue weighted by atomic mass is 35.5. The van der Waals surface area contributed by atoms with Crippen LogP contribution in [0.25, 0.3) is 11.0 Å². The van der Waals surface area contributed by atoms with E-state index in [1.54, 1.807) is 0 Å². The van der Waals surface area contributed by atoms with Crippen molar-refractivity contribution in [2.45, 2.75) is 6.61 Å². The van der Waals surface area contributed by atoms with Crippen LogP contribution in [0.3, 0.4) is 0 Å². The second-order valence-corrected chi connectivity index (χ2v) is 4.37. The number of para-hydroxylation sites is 1. The Labute approximate surface area is 110 Å². The third-order valence-corrected chi connectivity index (χ3v) is 3.01. The van der Waals surface area contributed by atoms with Gasteiger partial charge in [-0.15, -0.1) is 0 Å². The van der Waals surface area contributed by atoms with Crippen molar-refractivity contribution in [1.82, 2.24) is 0 Å². The van der Waals surface area contributed by atoms with Gasteiger partial charge in [-0.3, -0.25) is 0 Å². The van der Waals surface area contributed by atoms with Crippen LogP contribution in [0.2, 0.25) is 5.02 Å². The molecule has 0 amide bonds. The van der Waals surface area contributed by atoms with Crippen molar-refractivity contribution in [3.05, 3.63) is 65.4 Å². The smallest absolute Gasteiger partial charge is 0.146 e. The highest BCUT2D eigenvalue weighted by molar-refractivity contribution is 6.35. The maximum Gasteiger partial charge on any atom is 0.146 e. The van der Waals surface area contributed by atoms with Crippen LogP contribution in [0.4, 0.5) is 0 Å². The van der Waals surface area contributed by atoms with E-state index in [1.165, 1.54) is 0 Å². The van der Waals surface area contributed by atoms with Crippen LogP contribution in [0, 0.1) is 0 Å². The molecular formula is C15H11ClO2. The summed E-state index contributed by atoms with van der Waals surface area (Å²) in [6.07, 6.45) is 0. The molecule has 1 heterocycles. The van der Waals surface area contributed by atoms with Gasteiger partial charge in [0.25, 0.3) is 0 Å². The molecule has 0 saturated carbocycles. The highest BCUT2D eigenvalue weighted by Crippen LogP contribution is 2.27. The Morgan fingerprint density at radius 1 is 1.00 bits per heavy atom. The predicted octanol–water partition coefficient (Wildman–Crippen LogP) is 4.67. The fourth-order valence-corrected chi connectivity index (χ4v) is 2.04. The summed E-state index contributed by atoms with van der Waals surface area (Å²) in [5.74, 6) is 1.59. The van der Waals surface area contributed by atoms with Gasteiger partial charge in [-0.25, -0.2) is 0 Å². The van der Waals surface area contributed by atoms with Crippen LogP contribution in [0.5, 0.6) is 5.75 Å². The maximum absolute atomic E-state index is 6.09. The van der Waals surface area contributed by atoms with E-state index >= 15 is 0 Å². The van der Waals surface area contributed by atoms with Gasteiger partial charge in [-0.05, 0) is 30.3 Å². The van der Waals surface area contributed by atoms with E-state index in [9.17, 15) is 0 Å². The molecule has 0 saturated heterocycles. The van der Waals surface area contributed by atoms with E-state index < -0.39 is 0 Å². The summed E-state index contributed by atoms with van der Waals surface area (Å²) in [6, 6.07) is 17.2. The summed E-state index contributed by atoms with van der Waals surface area (Å²) >= 11 is 6.09. The number of furan rings is 1. The molecule has 0 unspecified atom stereocenters. The second kappa shape index (κ2) is 4.75. The Kier molecular flexibility index (Phi) is 2.95. The SMILES string of the molecule is Clc1cccc2oc(COc3ccccc3)cc12. The number of hydrogen-bond donors (Lipinski definition) is 0. The van der Waals surface area contributed by atoms with E-state index in [1.807, 2.05) is 54.6 Å². The molecule has 90 valence electrons. The first-order valence-corrected chi connectivity index (χ1v) is 6.05. The van der Waals surface area contributed by atoms with Gasteiger partial charge >= 0.3 is 0 Å². The van der Waals surface area contributed by atoms with E-state index in [0.717, 1.165) is 22.5 Å². The van der Waals surface area contributed by atoms with Crippen molar-refractivity contribution in [3.63, 3.8) is 0 Å². The van der Waals surface area contributed by atoms with Gasteiger partial charge < -0.3 is 9.15 Å². The Hall–Kier alpha value is -1.93. The summed E-state index contributed by atoms with van der Waals surface area (Å²) in [5, 5.41) is 1.62. The van der Waals surface area contributed by atoms with Gasteiger partial charge in [-0.1, -0.05) is 35.9 Å². The second-order valence-electron chi connectivity index (χ2n) is 3.97. The normalized spacial score (nSPS) is 10.7. The average molecular weight is 259 g/mol. The van der Waals surface area contributed by atoms with Crippen molar-refractivity contribution in [2.75, 3.05) is 0 Å². The van der Waals surface area contributed by atoms with Gasteiger partial charge in [0, 0.05) is 5.39 Å². The zero-order valence-electron chi connectivity index (χ0n) is 9.60. The molecule has 0 bridgehead atoms. The third-order valence-electron chi connectivity index (χ3n) is 2.68. The quantitative estimate of drug-likeness (QED) is 0.681. The molecule has 0 aliphatic carbocycles. The van der Waals surface area contributed by atoms with Crippen molar-refractivity contribution < 1.29 is 9.15 Å². The van der Waals surface area contributed by atoms with Gasteiger partial charge in [0.2, 0.25) is 0 Å². The zero-order valence-corrected chi connectivity index (χ0v) is 10.4. The lowest BCUT2D eigenvalue weighted by atomic mass is 10.2. The van der Waals surface area contributed by atoms with E-state index in [-0.39, 0.29) is 0 Å². The van der Waals surface area contributed by atoms with Gasteiger partial charge in [-0.2, -0.15) is 0 Å². The standard InChI is InChI=1S/C15H11ClO2/c16-14-7-4-8-15-13(14)9-12(18-15)10-17-11-5-2-1-3-6-11/h1-9H,10H2. The summed E-state index contributed by atoms with van der Waals surface area (Å²) in [5.41, 5.74) is 0.786. The molecular weight excluding hydrogens is 248 g/mol. The number of ether oxygens (including phenoxy) is 1. The topological polar surface area (TPSA) is 22.4 Å². The Morgan fingerprint density at radius 2 is 1.83 bits per heavy atom. The van der Waals surface area contributed by atoms with E-state index in [0.29, 0.717) is 11.6 Å². The van der Waals surface area contributed by atoms with Crippen molar-refractivity contribution in [3.8, 4) is 5.75 Å². The van der Waals surface area contributed by atoms with E-state index in [2.05, 4.69) is 0 Å². The average Bonchev–Trinajstić information content (AvgIpc) is 2.82. The molecule has 0 N–H and O–H groups in total. The first-order valence-electron chi connectivity index (χ1n) is 5.68. The molecule has 0 fully saturated rings. The molecule has 3 heteroatoms. The summed E-state index contributed by atoms with van der Waals surface area (Å²) in [4.78, 5) is 0. The third kappa shape index (κ3) is 2.20. The van der Waals surface area contributed by atoms with Crippen LogP contribution in [-0.4, -0.2) is 0 Å². The van der Waals surface area contributed by atoms with Crippen LogP contribution in [0.1, 0.15) is 5.76 Å². The van der Waals surface area contributed by atoms with Crippen molar-refractivity contribution >= 4 is 22.6 Å². The first-order chi connectivity index (χ1) is 8.83. The zero-order chi connectivity index (χ0) is 12.4. The van der Waals surface area contributed by atoms with Gasteiger partial charge in [0.1, 0.15) is 23.7 Å². The Bertz CT molecular complexity index is 659. The van der Waals surface area contributed by atoms with E-state index in [4.69, 9.17) is 20.8 Å². The number of fused-ring (bicyclic) bond motifs is 1. The van der Waals surface area contributed by atoms with Crippen LogP contribution in [-0.2, 0) is 6.61 Å². The van der Waals surface area contributed by atoms with Crippen molar-refractivity contribution in [1.29, 1.82) is 0 Å². The molecule has 1 aromatic heterocycles. The summed E-state index contributed by atoms with van der Waals surface area (Å²) < 4.78 is 11.3. The largest absolute Gasteiger partial charge is 0.486 e. The molecule has 2 nitrogen and oxygen atoms in total. The number of halogens is 1. The lowest BCUT2D eigenvalue weighted by Gasteiger charge is -2.02.